The maximum absolute atomic E-state index is 10.5. The van der Waals surface area contributed by atoms with E-state index in [0.29, 0.717) is 11.4 Å². The monoisotopic (exact) mass is 183 g/mol. The van der Waals surface area contributed by atoms with Crippen LogP contribution in [-0.2, 0) is 0 Å². The quantitative estimate of drug-likeness (QED) is 0.527. The van der Waals surface area contributed by atoms with Crippen molar-refractivity contribution in [2.24, 2.45) is 0 Å². The van der Waals surface area contributed by atoms with Crippen LogP contribution in [-0.4, -0.2) is 24.6 Å². The Morgan fingerprint density at radius 3 is 2.92 bits per heavy atom. The molecule has 0 saturated carbocycles. The summed E-state index contributed by atoms with van der Waals surface area (Å²) < 4.78 is 4.92. The van der Waals surface area contributed by atoms with Gasteiger partial charge in [-0.1, -0.05) is 0 Å². The molecule has 1 rings (SSSR count). The number of hydrogen-bond donors (Lipinski definition) is 0. The highest BCUT2D eigenvalue weighted by Gasteiger charge is 2.02. The van der Waals surface area contributed by atoms with E-state index in [9.17, 15) is 4.79 Å². The Hall–Kier alpha value is -1.03. The van der Waals surface area contributed by atoms with Crippen LogP contribution in [0.4, 0.5) is 0 Å². The Morgan fingerprint density at radius 1 is 1.67 bits per heavy atom. The Kier molecular flexibility index (Phi) is 3.10. The summed E-state index contributed by atoms with van der Waals surface area (Å²) in [5, 5.41) is 0. The Balaban J connectivity index is 3.10. The van der Waals surface area contributed by atoms with Gasteiger partial charge in [-0.2, -0.15) is 0 Å². The van der Waals surface area contributed by atoms with Gasteiger partial charge in [0.05, 0.1) is 7.11 Å². The topological polar surface area (TPSA) is 39.2 Å². The van der Waals surface area contributed by atoms with E-state index in [0.717, 1.165) is 11.2 Å². The first-order valence-electron chi connectivity index (χ1n) is 3.35. The third-order valence-electron chi connectivity index (χ3n) is 1.43. The highest BCUT2D eigenvalue weighted by atomic mass is 32.2. The predicted molar refractivity (Wildman–Crippen MR) is 48.0 cm³/mol. The largest absolute Gasteiger partial charge is 0.481 e. The smallest absolute Gasteiger partial charge is 0.214 e. The zero-order valence-electron chi connectivity index (χ0n) is 6.90. The number of carbonyl (C=O) groups excluding carboxylic acids is 1. The van der Waals surface area contributed by atoms with Crippen molar-refractivity contribution in [1.82, 2.24) is 4.98 Å². The number of carbonyl (C=O) groups is 1. The van der Waals surface area contributed by atoms with E-state index in [2.05, 4.69) is 4.98 Å². The minimum absolute atomic E-state index is 0.532. The Morgan fingerprint density at radius 2 is 2.42 bits per heavy atom. The minimum atomic E-state index is 0.532. The number of thioether (sulfide) groups is 1. The molecule has 0 bridgehead atoms. The van der Waals surface area contributed by atoms with E-state index in [1.807, 2.05) is 6.26 Å². The van der Waals surface area contributed by atoms with E-state index >= 15 is 0 Å². The van der Waals surface area contributed by atoms with Gasteiger partial charge in [-0.15, -0.1) is 11.8 Å². The first-order valence-corrected chi connectivity index (χ1v) is 4.57. The lowest BCUT2D eigenvalue weighted by molar-refractivity contribution is 0.112. The van der Waals surface area contributed by atoms with Gasteiger partial charge in [0.25, 0.3) is 0 Å². The van der Waals surface area contributed by atoms with Gasteiger partial charge in [-0.3, -0.25) is 4.79 Å². The summed E-state index contributed by atoms with van der Waals surface area (Å²) in [5.41, 5.74) is 0.600. The molecule has 0 unspecified atom stereocenters. The number of hydrogen-bond acceptors (Lipinski definition) is 4. The predicted octanol–water partition coefficient (Wildman–Crippen LogP) is 1.62. The highest BCUT2D eigenvalue weighted by molar-refractivity contribution is 7.98. The Labute approximate surface area is 75.1 Å². The molecule has 0 atom stereocenters. The number of nitrogens with zero attached hydrogens (tertiary/aromatic N) is 1. The van der Waals surface area contributed by atoms with E-state index in [4.69, 9.17) is 4.74 Å². The zero-order chi connectivity index (χ0) is 8.97. The van der Waals surface area contributed by atoms with Crippen molar-refractivity contribution in [3.05, 3.63) is 17.8 Å². The standard InChI is InChI=1S/C8H9NO2S/c1-11-8-3-7(12-2)6(5-10)4-9-8/h3-5H,1-2H3. The fourth-order valence-electron chi connectivity index (χ4n) is 0.806. The lowest BCUT2D eigenvalue weighted by atomic mass is 10.3. The van der Waals surface area contributed by atoms with Crippen molar-refractivity contribution in [3.63, 3.8) is 0 Å². The number of rotatable bonds is 3. The molecule has 0 saturated heterocycles. The van der Waals surface area contributed by atoms with Gasteiger partial charge < -0.3 is 4.74 Å². The van der Waals surface area contributed by atoms with Crippen LogP contribution in [0.1, 0.15) is 10.4 Å². The van der Waals surface area contributed by atoms with Crippen LogP contribution in [0.25, 0.3) is 0 Å². The number of aldehydes is 1. The second kappa shape index (κ2) is 4.11. The van der Waals surface area contributed by atoms with Crippen molar-refractivity contribution < 1.29 is 9.53 Å². The van der Waals surface area contributed by atoms with Gasteiger partial charge >= 0.3 is 0 Å². The fraction of sp³-hybridized carbons (Fsp3) is 0.250. The maximum Gasteiger partial charge on any atom is 0.214 e. The van der Waals surface area contributed by atoms with Crippen molar-refractivity contribution in [3.8, 4) is 5.88 Å². The summed E-state index contributed by atoms with van der Waals surface area (Å²) in [6, 6.07) is 1.74. The molecule has 3 nitrogen and oxygen atoms in total. The third-order valence-corrected chi connectivity index (χ3v) is 2.22. The van der Waals surface area contributed by atoms with Gasteiger partial charge in [0, 0.05) is 22.7 Å². The summed E-state index contributed by atoms with van der Waals surface area (Å²) in [6.07, 6.45) is 4.21. The molecule has 0 aliphatic heterocycles. The summed E-state index contributed by atoms with van der Waals surface area (Å²) in [4.78, 5) is 15.3. The molecule has 1 aromatic rings. The molecular formula is C8H9NO2S. The first-order chi connectivity index (χ1) is 5.81. The zero-order valence-corrected chi connectivity index (χ0v) is 7.72. The van der Waals surface area contributed by atoms with Crippen LogP contribution < -0.4 is 4.74 Å². The van der Waals surface area contributed by atoms with E-state index < -0.39 is 0 Å². The molecule has 64 valence electrons. The molecule has 0 radical (unpaired) electrons. The molecule has 4 heteroatoms. The molecule has 1 aromatic heterocycles. The number of aromatic nitrogens is 1. The normalized spacial score (nSPS) is 9.50. The lowest BCUT2D eigenvalue weighted by Crippen LogP contribution is -1.91. The van der Waals surface area contributed by atoms with E-state index in [1.54, 1.807) is 13.2 Å². The summed E-state index contributed by atoms with van der Waals surface area (Å²) in [6.45, 7) is 0. The molecule has 0 amide bonds. The molecule has 0 aliphatic rings. The number of ether oxygens (including phenoxy) is 1. The molecule has 12 heavy (non-hydrogen) atoms. The van der Waals surface area contributed by atoms with Crippen molar-refractivity contribution in [1.29, 1.82) is 0 Å². The van der Waals surface area contributed by atoms with Crippen molar-refractivity contribution in [2.75, 3.05) is 13.4 Å². The Bertz CT molecular complexity index is 288. The van der Waals surface area contributed by atoms with Gasteiger partial charge in [0.15, 0.2) is 6.29 Å². The highest BCUT2D eigenvalue weighted by Crippen LogP contribution is 2.21. The molecule has 0 fully saturated rings. The molecule has 0 aliphatic carbocycles. The molecule has 0 aromatic carbocycles. The lowest BCUT2D eigenvalue weighted by Gasteiger charge is -2.02. The third kappa shape index (κ3) is 1.76. The van der Waals surface area contributed by atoms with Crippen molar-refractivity contribution in [2.45, 2.75) is 4.90 Å². The summed E-state index contributed by atoms with van der Waals surface area (Å²) in [7, 11) is 1.55. The fourth-order valence-corrected chi connectivity index (χ4v) is 1.36. The van der Waals surface area contributed by atoms with Gasteiger partial charge in [0.1, 0.15) is 0 Å². The second-order valence-electron chi connectivity index (χ2n) is 2.09. The molecule has 1 heterocycles. The van der Waals surface area contributed by atoms with Gasteiger partial charge in [0.2, 0.25) is 5.88 Å². The van der Waals surface area contributed by atoms with Crippen LogP contribution in [0.2, 0.25) is 0 Å². The number of methoxy groups -OCH3 is 1. The van der Waals surface area contributed by atoms with Crippen LogP contribution in [0.5, 0.6) is 5.88 Å². The second-order valence-corrected chi connectivity index (χ2v) is 2.93. The van der Waals surface area contributed by atoms with E-state index in [1.165, 1.54) is 18.0 Å². The molecule has 0 N–H and O–H groups in total. The maximum atomic E-state index is 10.5. The minimum Gasteiger partial charge on any atom is -0.481 e. The SMILES string of the molecule is COc1cc(SC)c(C=O)cn1. The average Bonchev–Trinajstić information content (AvgIpc) is 2.16. The summed E-state index contributed by atoms with van der Waals surface area (Å²) in [5.74, 6) is 0.532. The van der Waals surface area contributed by atoms with Crippen LogP contribution in [0, 0.1) is 0 Å². The van der Waals surface area contributed by atoms with Crippen LogP contribution in [0.15, 0.2) is 17.2 Å². The van der Waals surface area contributed by atoms with Gasteiger partial charge in [-0.25, -0.2) is 4.98 Å². The van der Waals surface area contributed by atoms with Crippen LogP contribution >= 0.6 is 11.8 Å². The number of pyridine rings is 1. The van der Waals surface area contributed by atoms with Crippen molar-refractivity contribution >= 4 is 18.0 Å². The van der Waals surface area contributed by atoms with E-state index in [-0.39, 0.29) is 0 Å². The summed E-state index contributed by atoms with van der Waals surface area (Å²) >= 11 is 1.50. The molecular weight excluding hydrogens is 174 g/mol. The van der Waals surface area contributed by atoms with Gasteiger partial charge in [-0.05, 0) is 6.26 Å². The first kappa shape index (κ1) is 9.06. The van der Waals surface area contributed by atoms with Crippen LogP contribution in [0.3, 0.4) is 0 Å². The molecule has 0 spiro atoms. The average molecular weight is 183 g/mol.